The van der Waals surface area contributed by atoms with E-state index in [4.69, 9.17) is 29.5 Å². The van der Waals surface area contributed by atoms with Crippen molar-refractivity contribution in [3.05, 3.63) is 174 Å². The first-order chi connectivity index (χ1) is 24.7. The van der Waals surface area contributed by atoms with E-state index in [0.29, 0.717) is 29.4 Å². The van der Waals surface area contributed by atoms with Gasteiger partial charge in [-0.25, -0.2) is 9.98 Å². The van der Waals surface area contributed by atoms with Gasteiger partial charge in [0.25, 0.3) is 0 Å². The van der Waals surface area contributed by atoms with Crippen molar-refractivity contribution >= 4 is 55.8 Å². The maximum absolute atomic E-state index is 6.86. The van der Waals surface area contributed by atoms with Crippen molar-refractivity contribution < 1.29 is 8.83 Å². The number of pyridine rings is 1. The van der Waals surface area contributed by atoms with Gasteiger partial charge in [-0.15, -0.1) is 0 Å². The first-order valence-electron chi connectivity index (χ1n) is 16.5. The van der Waals surface area contributed by atoms with E-state index in [2.05, 4.69) is 36.4 Å². The number of aromatic nitrogens is 1. The van der Waals surface area contributed by atoms with E-state index >= 15 is 0 Å². The normalized spacial score (nSPS) is 12.4. The molecule has 3 aromatic heterocycles. The van der Waals surface area contributed by atoms with Crippen LogP contribution in [0, 0.1) is 0 Å². The Morgan fingerprint density at radius 1 is 0.540 bits per heavy atom. The highest BCUT2D eigenvalue weighted by Crippen LogP contribution is 2.42. The summed E-state index contributed by atoms with van der Waals surface area (Å²) >= 11 is 0. The summed E-state index contributed by atoms with van der Waals surface area (Å²) in [6.07, 6.45) is 0. The Balaban J connectivity index is 1.19. The summed E-state index contributed by atoms with van der Waals surface area (Å²) in [6.45, 7) is 0.466. The minimum absolute atomic E-state index is 0.347. The fourth-order valence-corrected chi connectivity index (χ4v) is 6.52. The van der Waals surface area contributed by atoms with Gasteiger partial charge in [0.2, 0.25) is 0 Å². The molecule has 6 nitrogen and oxygen atoms in total. The van der Waals surface area contributed by atoms with E-state index in [1.54, 1.807) is 0 Å². The Morgan fingerprint density at radius 3 is 1.76 bits per heavy atom. The molecule has 0 aliphatic carbocycles. The van der Waals surface area contributed by atoms with Crippen LogP contribution in [0.5, 0.6) is 0 Å². The molecular formula is C44H30N4O2. The van der Waals surface area contributed by atoms with Gasteiger partial charge in [-0.05, 0) is 58.7 Å². The van der Waals surface area contributed by atoms with Crippen LogP contribution in [-0.2, 0) is 6.54 Å². The summed E-state index contributed by atoms with van der Waals surface area (Å²) in [5.74, 6) is 0.900. The summed E-state index contributed by atoms with van der Waals surface area (Å²) in [5.41, 5.74) is 17.9. The predicted molar refractivity (Wildman–Crippen MR) is 204 cm³/mol. The topological polar surface area (TPSA) is 89.9 Å². The minimum atomic E-state index is 0.347. The Kier molecular flexibility index (Phi) is 7.25. The number of hydrogen-bond acceptors (Lipinski definition) is 4. The molecule has 0 unspecified atom stereocenters. The lowest BCUT2D eigenvalue weighted by molar-refractivity contribution is 0.657. The van der Waals surface area contributed by atoms with Gasteiger partial charge in [0, 0.05) is 21.9 Å². The quantitative estimate of drug-likeness (QED) is 0.144. The minimum Gasteiger partial charge on any atom is -0.454 e. The van der Waals surface area contributed by atoms with Crippen LogP contribution < -0.4 is 5.73 Å². The van der Waals surface area contributed by atoms with E-state index in [-0.39, 0.29) is 0 Å². The number of hydrogen-bond donors (Lipinski definition) is 1. The maximum atomic E-state index is 6.86. The van der Waals surface area contributed by atoms with Crippen molar-refractivity contribution in [2.45, 2.75) is 6.54 Å². The van der Waals surface area contributed by atoms with E-state index in [1.165, 1.54) is 0 Å². The molecule has 238 valence electrons. The third kappa shape index (κ3) is 5.29. The van der Waals surface area contributed by atoms with E-state index < -0.39 is 0 Å². The smallest absolute Gasteiger partial charge is 0.165 e. The highest BCUT2D eigenvalue weighted by atomic mass is 16.3. The number of nitrogens with zero attached hydrogens (tertiary/aromatic N) is 3. The molecule has 6 heteroatoms. The molecule has 0 aliphatic heterocycles. The molecule has 0 bridgehead atoms. The molecule has 0 saturated heterocycles. The fraction of sp³-hybridized carbons (Fsp3) is 0.0227. The zero-order chi connectivity index (χ0) is 33.4. The molecule has 0 aliphatic rings. The van der Waals surface area contributed by atoms with Crippen LogP contribution in [0.1, 0.15) is 16.7 Å². The molecule has 9 aromatic rings. The van der Waals surface area contributed by atoms with Crippen molar-refractivity contribution in [3.63, 3.8) is 0 Å². The van der Waals surface area contributed by atoms with Crippen molar-refractivity contribution in [1.29, 1.82) is 0 Å². The maximum Gasteiger partial charge on any atom is 0.165 e. The van der Waals surface area contributed by atoms with Crippen LogP contribution in [0.2, 0.25) is 0 Å². The second-order valence-electron chi connectivity index (χ2n) is 12.2. The Bertz CT molecular complexity index is 2650. The van der Waals surface area contributed by atoms with E-state index in [1.807, 2.05) is 121 Å². The molecule has 0 radical (unpaired) electrons. The SMILES string of the molecule is N/C(=N\C(=N/Cc1ccccc1)c1cccc(-c2ccccc2)c1)c1cccc(-c2c3oc4ccccc4c3nc3c2oc2ccccc23)c1. The summed E-state index contributed by atoms with van der Waals surface area (Å²) in [5, 5.41) is 1.90. The van der Waals surface area contributed by atoms with Crippen molar-refractivity contribution in [2.24, 2.45) is 15.7 Å². The average Bonchev–Trinajstić information content (AvgIpc) is 3.74. The first-order valence-corrected chi connectivity index (χ1v) is 16.5. The largest absolute Gasteiger partial charge is 0.454 e. The molecule has 0 fully saturated rings. The number of rotatable bonds is 6. The van der Waals surface area contributed by atoms with Gasteiger partial charge in [0.15, 0.2) is 17.0 Å². The van der Waals surface area contributed by atoms with Crippen LogP contribution >= 0.6 is 0 Å². The predicted octanol–water partition coefficient (Wildman–Crippen LogP) is 10.6. The Morgan fingerprint density at radius 2 is 1.08 bits per heavy atom. The molecule has 3 heterocycles. The van der Waals surface area contributed by atoms with Crippen LogP contribution in [0.3, 0.4) is 0 Å². The second-order valence-corrected chi connectivity index (χ2v) is 12.2. The molecule has 2 N–H and O–H groups in total. The second kappa shape index (κ2) is 12.3. The van der Waals surface area contributed by atoms with E-state index in [0.717, 1.165) is 71.9 Å². The monoisotopic (exact) mass is 646 g/mol. The lowest BCUT2D eigenvalue weighted by atomic mass is 10.0. The number of furan rings is 2. The summed E-state index contributed by atoms with van der Waals surface area (Å²) in [7, 11) is 0. The third-order valence-electron chi connectivity index (χ3n) is 8.97. The average molecular weight is 647 g/mol. The third-order valence-corrected chi connectivity index (χ3v) is 8.97. The van der Waals surface area contributed by atoms with Gasteiger partial charge in [-0.2, -0.15) is 0 Å². The van der Waals surface area contributed by atoms with Crippen LogP contribution in [0.15, 0.2) is 177 Å². The van der Waals surface area contributed by atoms with Gasteiger partial charge in [-0.3, -0.25) is 4.99 Å². The van der Waals surface area contributed by atoms with Crippen LogP contribution in [-0.4, -0.2) is 16.7 Å². The lowest BCUT2D eigenvalue weighted by Gasteiger charge is -2.10. The zero-order valence-corrected chi connectivity index (χ0v) is 27.0. The van der Waals surface area contributed by atoms with Gasteiger partial charge in [-0.1, -0.05) is 121 Å². The molecule has 9 rings (SSSR count). The molecule has 6 aromatic carbocycles. The number of aliphatic imine (C=N–C) groups is 2. The van der Waals surface area contributed by atoms with Crippen LogP contribution in [0.4, 0.5) is 0 Å². The molecule has 50 heavy (non-hydrogen) atoms. The summed E-state index contributed by atoms with van der Waals surface area (Å²) < 4.78 is 13.0. The zero-order valence-electron chi connectivity index (χ0n) is 27.0. The lowest BCUT2D eigenvalue weighted by Crippen LogP contribution is -2.16. The molecular weight excluding hydrogens is 617 g/mol. The van der Waals surface area contributed by atoms with Gasteiger partial charge < -0.3 is 14.6 Å². The Labute approximate surface area is 287 Å². The van der Waals surface area contributed by atoms with Crippen molar-refractivity contribution in [2.75, 3.05) is 0 Å². The number of nitrogens with two attached hydrogens (primary N) is 1. The highest BCUT2D eigenvalue weighted by molar-refractivity contribution is 6.19. The van der Waals surface area contributed by atoms with Gasteiger partial charge >= 0.3 is 0 Å². The molecule has 0 spiro atoms. The number of para-hydroxylation sites is 2. The van der Waals surface area contributed by atoms with Gasteiger partial charge in [0.1, 0.15) is 28.0 Å². The van der Waals surface area contributed by atoms with E-state index in [9.17, 15) is 0 Å². The number of benzene rings is 6. The fourth-order valence-electron chi connectivity index (χ4n) is 6.52. The van der Waals surface area contributed by atoms with Gasteiger partial charge in [0.05, 0.1) is 12.1 Å². The van der Waals surface area contributed by atoms with Crippen molar-refractivity contribution in [3.8, 4) is 22.3 Å². The van der Waals surface area contributed by atoms with Crippen molar-refractivity contribution in [1.82, 2.24) is 4.98 Å². The van der Waals surface area contributed by atoms with Crippen LogP contribution in [0.25, 0.3) is 66.4 Å². The number of amidine groups is 2. The first kappa shape index (κ1) is 29.4. The Hall–Kier alpha value is -6.79. The number of fused-ring (bicyclic) bond motifs is 6. The molecule has 0 saturated carbocycles. The summed E-state index contributed by atoms with van der Waals surface area (Å²) in [6, 6.07) is 52.6. The molecule has 0 amide bonds. The highest BCUT2D eigenvalue weighted by Gasteiger charge is 2.22. The summed E-state index contributed by atoms with van der Waals surface area (Å²) in [4.78, 5) is 15.1. The molecule has 0 atom stereocenters. The standard InChI is InChI=1S/C44H30N4O2/c45-43(48-44(46-27-28-13-3-1-4-14-28)33-20-11-17-30(25-33)29-15-5-2-6-16-29)32-19-12-18-31(26-32)38-41-39(34-21-7-9-23-36(34)49-41)47-40-35-22-8-10-24-37(35)50-42(38)40/h1-26H,27H2,(H2,45,46,48).